The second-order valence-electron chi connectivity index (χ2n) is 6.18. The molecule has 0 saturated heterocycles. The zero-order valence-electron chi connectivity index (χ0n) is 16.0. The Hall–Kier alpha value is 2.43. The average molecular weight is 413 g/mol. The minimum Gasteiger partial charge on any atom is -0.113 e. The summed E-state index contributed by atoms with van der Waals surface area (Å²) in [6.45, 7) is 18.8. The van der Waals surface area contributed by atoms with Crippen LogP contribution in [0.1, 0.15) is 0 Å². The van der Waals surface area contributed by atoms with Crippen LogP contribution in [0.4, 0.5) is 0 Å². The molecule has 1 saturated carbocycles. The Morgan fingerprint density at radius 3 is 0.636 bits per heavy atom. The van der Waals surface area contributed by atoms with Gasteiger partial charge in [0.1, 0.15) is 0 Å². The normalized spacial score (nSPS) is 13.6. The van der Waals surface area contributed by atoms with E-state index < -0.39 is 0 Å². The van der Waals surface area contributed by atoms with Crippen molar-refractivity contribution in [2.75, 3.05) is 78.0 Å². The Kier molecular flexibility index (Phi) is 28.5. The Labute approximate surface area is 163 Å². The molecular formula is C17H37P4Ti. The molecule has 0 N–H and O–H groups in total. The molecule has 0 aromatic rings. The molecule has 0 aromatic heterocycles. The van der Waals surface area contributed by atoms with Gasteiger partial charge in [0.15, 0.2) is 0 Å². The molecule has 0 unspecified atom stereocenters. The molecule has 0 spiro atoms. The fourth-order valence-corrected chi connectivity index (χ4v) is 7.52. The van der Waals surface area contributed by atoms with Crippen LogP contribution in [0.3, 0.4) is 0 Å². The van der Waals surface area contributed by atoms with E-state index in [1.54, 1.807) is 0 Å². The first kappa shape index (κ1) is 29.2. The topological polar surface area (TPSA) is 0 Å². The summed E-state index contributed by atoms with van der Waals surface area (Å²) in [5.41, 5.74) is 0. The van der Waals surface area contributed by atoms with Crippen LogP contribution in [0.15, 0.2) is 0 Å². The third-order valence-electron chi connectivity index (χ3n) is 2.54. The van der Waals surface area contributed by atoms with E-state index in [2.05, 4.69) is 53.3 Å². The first-order chi connectivity index (χ1) is 9.75. The molecule has 1 rings (SSSR count). The van der Waals surface area contributed by atoms with Gasteiger partial charge in [-0.05, 0) is 110 Å². The maximum atomic E-state index is 2.36. The first-order valence-electron chi connectivity index (χ1n) is 7.51. The molecule has 0 aliphatic heterocycles. The first-order valence-corrected chi connectivity index (χ1v) is 17.2. The maximum absolute atomic E-state index is 2.36. The third-order valence-corrected chi connectivity index (χ3v) is 7.72. The molecule has 1 aliphatic rings. The van der Waals surface area contributed by atoms with Crippen LogP contribution in [0.2, 0.25) is 0 Å². The Morgan fingerprint density at radius 1 is 0.409 bits per heavy atom. The second-order valence-corrected chi connectivity index (χ2v) is 16.6. The standard InChI is InChI=1S/2C6H16P2.C5H5.Ti/c2*1-7(2)5-6-8(3)4;1-2-4-5-3-1;/h2*5-6H2,1-4H3;1-5H;. The Bertz CT molecular complexity index is 153. The zero-order chi connectivity index (χ0) is 16.7. The molecule has 0 heterocycles. The second kappa shape index (κ2) is 21.5. The van der Waals surface area contributed by atoms with E-state index in [-0.39, 0.29) is 21.7 Å². The van der Waals surface area contributed by atoms with E-state index >= 15 is 0 Å². The largest absolute Gasteiger partial charge is 0.113 e. The quantitative estimate of drug-likeness (QED) is 0.373. The van der Waals surface area contributed by atoms with Gasteiger partial charge in [-0.2, -0.15) is 0 Å². The summed E-state index contributed by atoms with van der Waals surface area (Å²) in [6.07, 6.45) is 15.9. The van der Waals surface area contributed by atoms with E-state index in [4.69, 9.17) is 0 Å². The molecule has 0 atom stereocenters. The van der Waals surface area contributed by atoms with Crippen molar-refractivity contribution < 1.29 is 21.7 Å². The fraction of sp³-hybridized carbons (Fsp3) is 0.706. The van der Waals surface area contributed by atoms with Gasteiger partial charge in [-0.25, -0.2) is 0 Å². The predicted octanol–water partition coefficient (Wildman–Crippen LogP) is 5.96. The molecule has 5 radical (unpaired) electrons. The van der Waals surface area contributed by atoms with Crippen LogP contribution in [0, 0.1) is 32.1 Å². The minimum absolute atomic E-state index is 0. The Balaban J connectivity index is -0.000000246. The smallest absolute Gasteiger partial charge is 0 e. The molecule has 5 heteroatoms. The molecule has 0 bridgehead atoms. The maximum Gasteiger partial charge on any atom is 0 e. The molecule has 1 aliphatic carbocycles. The van der Waals surface area contributed by atoms with Gasteiger partial charge in [0.05, 0.1) is 0 Å². The van der Waals surface area contributed by atoms with E-state index in [9.17, 15) is 0 Å². The van der Waals surface area contributed by atoms with Gasteiger partial charge >= 0.3 is 0 Å². The van der Waals surface area contributed by atoms with E-state index in [1.165, 1.54) is 24.6 Å². The van der Waals surface area contributed by atoms with E-state index in [1.807, 2.05) is 32.1 Å². The van der Waals surface area contributed by atoms with Crippen molar-refractivity contribution in [3.8, 4) is 0 Å². The summed E-state index contributed by atoms with van der Waals surface area (Å²) in [5, 5.41) is 0. The SMILES string of the molecule is CP(C)CCP(C)C.CP(C)CCP(C)C.[CH]1[CH][CH][CH][CH]1.[Ti]. The van der Waals surface area contributed by atoms with E-state index in [0.29, 0.717) is 31.7 Å². The van der Waals surface area contributed by atoms with E-state index in [0.717, 1.165) is 0 Å². The summed E-state index contributed by atoms with van der Waals surface area (Å²) < 4.78 is 0. The van der Waals surface area contributed by atoms with Crippen LogP contribution in [-0.2, 0) is 21.7 Å². The molecule has 1 fully saturated rings. The summed E-state index contributed by atoms with van der Waals surface area (Å²) in [7, 11) is 1.53. The summed E-state index contributed by atoms with van der Waals surface area (Å²) in [6, 6.07) is 0. The minimum atomic E-state index is 0. The van der Waals surface area contributed by atoms with Crippen molar-refractivity contribution >= 4 is 31.7 Å². The zero-order valence-corrected chi connectivity index (χ0v) is 21.1. The number of hydrogen-bond acceptors (Lipinski definition) is 0. The predicted molar refractivity (Wildman–Crippen MR) is 116 cm³/mol. The van der Waals surface area contributed by atoms with Crippen LogP contribution < -0.4 is 0 Å². The number of rotatable bonds is 6. The van der Waals surface area contributed by atoms with Crippen LogP contribution in [0.25, 0.3) is 0 Å². The van der Waals surface area contributed by atoms with Crippen LogP contribution in [0.5, 0.6) is 0 Å². The summed E-state index contributed by atoms with van der Waals surface area (Å²) in [5.74, 6) is 0. The van der Waals surface area contributed by atoms with Crippen LogP contribution in [-0.4, -0.2) is 78.0 Å². The molecule has 0 aromatic carbocycles. The fourth-order valence-electron chi connectivity index (χ4n) is 1.12. The van der Waals surface area contributed by atoms with Gasteiger partial charge in [0.25, 0.3) is 0 Å². The summed E-state index contributed by atoms with van der Waals surface area (Å²) >= 11 is 0. The Morgan fingerprint density at radius 2 is 0.545 bits per heavy atom. The van der Waals surface area contributed by atoms with Crippen molar-refractivity contribution in [1.29, 1.82) is 0 Å². The molecule has 22 heavy (non-hydrogen) atoms. The van der Waals surface area contributed by atoms with Crippen LogP contribution >= 0.6 is 31.7 Å². The monoisotopic (exact) mass is 413 g/mol. The molecule has 129 valence electrons. The van der Waals surface area contributed by atoms with Gasteiger partial charge in [-0.3, -0.25) is 0 Å². The van der Waals surface area contributed by atoms with Gasteiger partial charge < -0.3 is 0 Å². The van der Waals surface area contributed by atoms with Crippen molar-refractivity contribution in [3.05, 3.63) is 32.1 Å². The van der Waals surface area contributed by atoms with Crippen molar-refractivity contribution in [2.24, 2.45) is 0 Å². The molecular weight excluding hydrogens is 376 g/mol. The molecule has 0 amide bonds. The summed E-state index contributed by atoms with van der Waals surface area (Å²) in [4.78, 5) is 0. The van der Waals surface area contributed by atoms with Gasteiger partial charge in [0.2, 0.25) is 0 Å². The molecule has 0 nitrogen and oxygen atoms in total. The average Bonchev–Trinajstić information content (AvgIpc) is 2.93. The van der Waals surface area contributed by atoms with Gasteiger partial charge in [-0.1, -0.05) is 0 Å². The number of hydrogen-bond donors (Lipinski definition) is 0. The van der Waals surface area contributed by atoms with Gasteiger partial charge in [-0.15, -0.1) is 31.7 Å². The third kappa shape index (κ3) is 33.9. The van der Waals surface area contributed by atoms with Crippen molar-refractivity contribution in [2.45, 2.75) is 0 Å². The van der Waals surface area contributed by atoms with Crippen molar-refractivity contribution in [1.82, 2.24) is 0 Å². The van der Waals surface area contributed by atoms with Crippen molar-refractivity contribution in [3.63, 3.8) is 0 Å². The van der Waals surface area contributed by atoms with Gasteiger partial charge in [0, 0.05) is 21.7 Å².